The number of guanidine groups is 1. The number of nitrogens with zero attached hydrogens (tertiary/aromatic N) is 2. The lowest BCUT2D eigenvalue weighted by atomic mass is 10.1. The van der Waals surface area contributed by atoms with Crippen molar-refractivity contribution < 1.29 is 4.21 Å². The molecule has 0 aliphatic carbocycles. The first-order valence-corrected chi connectivity index (χ1v) is 11.1. The molecule has 1 heterocycles. The maximum absolute atomic E-state index is 12.2. The first-order chi connectivity index (χ1) is 11.6. The lowest BCUT2D eigenvalue weighted by Gasteiger charge is -2.36. The number of benzene rings is 1. The van der Waals surface area contributed by atoms with E-state index in [1.54, 1.807) is 0 Å². The SMILES string of the molecule is CN=C(NCCS(=O)Cc1ccccc1)N1CCSC(C(C)C)C1.I. The summed E-state index contributed by atoms with van der Waals surface area (Å²) in [6, 6.07) is 10.0. The molecule has 1 N–H and O–H groups in total. The Balaban J connectivity index is 0.00000312. The molecule has 0 aromatic heterocycles. The molecule has 1 aliphatic rings. The summed E-state index contributed by atoms with van der Waals surface area (Å²) >= 11 is 2.06. The van der Waals surface area contributed by atoms with Crippen molar-refractivity contribution >= 4 is 52.5 Å². The van der Waals surface area contributed by atoms with Gasteiger partial charge in [0.25, 0.3) is 0 Å². The fraction of sp³-hybridized carbons (Fsp3) is 0.611. The van der Waals surface area contributed by atoms with Crippen molar-refractivity contribution in [1.29, 1.82) is 0 Å². The van der Waals surface area contributed by atoms with Crippen LogP contribution >= 0.6 is 35.7 Å². The van der Waals surface area contributed by atoms with Gasteiger partial charge in [-0.2, -0.15) is 11.8 Å². The quantitative estimate of drug-likeness (QED) is 0.374. The van der Waals surface area contributed by atoms with E-state index in [2.05, 4.69) is 40.8 Å². The average Bonchev–Trinajstić information content (AvgIpc) is 2.59. The van der Waals surface area contributed by atoms with Gasteiger partial charge in [-0.15, -0.1) is 24.0 Å². The highest BCUT2D eigenvalue weighted by molar-refractivity contribution is 14.0. The number of hydrogen-bond acceptors (Lipinski definition) is 3. The van der Waals surface area contributed by atoms with E-state index in [1.807, 2.05) is 37.4 Å². The Morgan fingerprint density at radius 3 is 2.76 bits per heavy atom. The Bertz CT molecular complexity index is 555. The summed E-state index contributed by atoms with van der Waals surface area (Å²) in [7, 11) is 0.980. The zero-order chi connectivity index (χ0) is 17.4. The van der Waals surface area contributed by atoms with Crippen LogP contribution in [0, 0.1) is 5.92 Å². The number of hydrogen-bond donors (Lipinski definition) is 1. The Labute approximate surface area is 176 Å². The highest BCUT2D eigenvalue weighted by Crippen LogP contribution is 2.24. The highest BCUT2D eigenvalue weighted by atomic mass is 127. The lowest BCUT2D eigenvalue weighted by Crippen LogP contribution is -2.49. The summed E-state index contributed by atoms with van der Waals surface area (Å²) in [5.41, 5.74) is 1.13. The van der Waals surface area contributed by atoms with Crippen molar-refractivity contribution in [3.8, 4) is 0 Å². The lowest BCUT2D eigenvalue weighted by molar-refractivity contribution is 0.382. The van der Waals surface area contributed by atoms with Crippen LogP contribution in [0.1, 0.15) is 19.4 Å². The van der Waals surface area contributed by atoms with E-state index in [1.165, 1.54) is 0 Å². The van der Waals surface area contributed by atoms with E-state index < -0.39 is 10.8 Å². The minimum absolute atomic E-state index is 0. The maximum Gasteiger partial charge on any atom is 0.193 e. The normalized spacial score (nSPS) is 19.4. The van der Waals surface area contributed by atoms with Crippen molar-refractivity contribution in [3.63, 3.8) is 0 Å². The second-order valence-electron chi connectivity index (χ2n) is 6.35. The highest BCUT2D eigenvalue weighted by Gasteiger charge is 2.24. The van der Waals surface area contributed by atoms with Gasteiger partial charge in [-0.1, -0.05) is 44.2 Å². The average molecular weight is 495 g/mol. The number of thioether (sulfide) groups is 1. The molecule has 0 saturated carbocycles. The molecule has 0 spiro atoms. The molecule has 1 aromatic carbocycles. The maximum atomic E-state index is 12.2. The minimum atomic E-state index is -0.849. The minimum Gasteiger partial charge on any atom is -0.355 e. The number of rotatable bonds is 6. The fourth-order valence-electron chi connectivity index (χ4n) is 2.71. The molecule has 1 aromatic rings. The Hall–Kier alpha value is -0.280. The van der Waals surface area contributed by atoms with Crippen LogP contribution in [0.5, 0.6) is 0 Å². The second kappa shape index (κ2) is 12.2. The third kappa shape index (κ3) is 7.86. The largest absolute Gasteiger partial charge is 0.355 e. The van der Waals surface area contributed by atoms with E-state index in [9.17, 15) is 4.21 Å². The van der Waals surface area contributed by atoms with Crippen molar-refractivity contribution in [2.24, 2.45) is 10.9 Å². The molecule has 0 amide bonds. The van der Waals surface area contributed by atoms with Crippen LogP contribution in [0.2, 0.25) is 0 Å². The molecule has 1 aliphatic heterocycles. The third-order valence-corrected chi connectivity index (χ3v) is 6.99. The first kappa shape index (κ1) is 22.8. The predicted molar refractivity (Wildman–Crippen MR) is 123 cm³/mol. The number of aliphatic imine (C=N–C) groups is 1. The van der Waals surface area contributed by atoms with E-state index in [-0.39, 0.29) is 24.0 Å². The summed E-state index contributed by atoms with van der Waals surface area (Å²) in [5.74, 6) is 4.02. The van der Waals surface area contributed by atoms with Crippen LogP contribution in [0.25, 0.3) is 0 Å². The van der Waals surface area contributed by atoms with Gasteiger partial charge in [0.15, 0.2) is 5.96 Å². The molecule has 1 saturated heterocycles. The van der Waals surface area contributed by atoms with Gasteiger partial charge >= 0.3 is 0 Å². The monoisotopic (exact) mass is 495 g/mol. The van der Waals surface area contributed by atoms with Gasteiger partial charge in [0.2, 0.25) is 0 Å². The van der Waals surface area contributed by atoms with E-state index >= 15 is 0 Å². The van der Waals surface area contributed by atoms with Crippen molar-refractivity contribution in [2.45, 2.75) is 24.9 Å². The van der Waals surface area contributed by atoms with E-state index in [4.69, 9.17) is 0 Å². The van der Waals surface area contributed by atoms with Crippen LogP contribution in [-0.4, -0.2) is 58.5 Å². The summed E-state index contributed by atoms with van der Waals surface area (Å²) in [6.07, 6.45) is 0. The van der Waals surface area contributed by atoms with Crippen LogP contribution in [0.15, 0.2) is 35.3 Å². The standard InChI is InChI=1S/C18H29N3OS2.HI/c1-15(2)17-13-21(10-11-23-17)18(19-3)20-9-12-24(22)14-16-7-5-4-6-8-16;/h4-8,15,17H,9-14H2,1-3H3,(H,19,20);1H. The molecule has 7 heteroatoms. The van der Waals surface area contributed by atoms with Gasteiger partial charge < -0.3 is 10.2 Å². The Morgan fingerprint density at radius 1 is 1.40 bits per heavy atom. The molecule has 0 bridgehead atoms. The molecular weight excluding hydrogens is 465 g/mol. The molecule has 25 heavy (non-hydrogen) atoms. The van der Waals surface area contributed by atoms with Gasteiger partial charge in [0.05, 0.1) is 0 Å². The van der Waals surface area contributed by atoms with Gasteiger partial charge in [-0.25, -0.2) is 0 Å². The zero-order valence-electron chi connectivity index (χ0n) is 15.3. The Morgan fingerprint density at radius 2 is 2.12 bits per heavy atom. The van der Waals surface area contributed by atoms with Gasteiger partial charge in [-0.3, -0.25) is 9.20 Å². The predicted octanol–water partition coefficient (Wildman–Crippen LogP) is 3.20. The molecule has 1 fully saturated rings. The molecule has 0 radical (unpaired) electrons. The molecule has 2 rings (SSSR count). The summed E-state index contributed by atoms with van der Waals surface area (Å²) in [5, 5.41) is 4.05. The topological polar surface area (TPSA) is 44.7 Å². The van der Waals surface area contributed by atoms with Gasteiger partial charge in [0.1, 0.15) is 0 Å². The summed E-state index contributed by atoms with van der Waals surface area (Å²) < 4.78 is 12.2. The summed E-state index contributed by atoms with van der Waals surface area (Å²) in [4.78, 5) is 6.74. The van der Waals surface area contributed by atoms with Crippen molar-refractivity contribution in [1.82, 2.24) is 10.2 Å². The number of nitrogens with one attached hydrogen (secondary N) is 1. The molecule has 142 valence electrons. The van der Waals surface area contributed by atoms with E-state index in [0.29, 0.717) is 29.2 Å². The van der Waals surface area contributed by atoms with Gasteiger partial charge in [0, 0.05) is 60.0 Å². The molecular formula is C18H30IN3OS2. The molecule has 2 atom stereocenters. The Kier molecular flexibility index (Phi) is 11.1. The van der Waals surface area contributed by atoms with Crippen molar-refractivity contribution in [2.75, 3.05) is 38.2 Å². The van der Waals surface area contributed by atoms with Crippen LogP contribution in [0.3, 0.4) is 0 Å². The second-order valence-corrected chi connectivity index (χ2v) is 9.27. The molecule has 2 unspecified atom stereocenters. The van der Waals surface area contributed by atoms with Crippen LogP contribution in [0.4, 0.5) is 0 Å². The van der Waals surface area contributed by atoms with Gasteiger partial charge in [-0.05, 0) is 11.5 Å². The van der Waals surface area contributed by atoms with E-state index in [0.717, 1.165) is 30.4 Å². The molecule has 4 nitrogen and oxygen atoms in total. The smallest absolute Gasteiger partial charge is 0.193 e. The fourth-order valence-corrected chi connectivity index (χ4v) is 5.05. The third-order valence-electron chi connectivity index (χ3n) is 4.13. The number of halogens is 1. The zero-order valence-corrected chi connectivity index (χ0v) is 19.3. The first-order valence-electron chi connectivity index (χ1n) is 8.56. The van der Waals surface area contributed by atoms with Crippen molar-refractivity contribution in [3.05, 3.63) is 35.9 Å². The van der Waals surface area contributed by atoms with Crippen LogP contribution < -0.4 is 5.32 Å². The van der Waals surface area contributed by atoms with Crippen LogP contribution in [-0.2, 0) is 16.6 Å². The summed E-state index contributed by atoms with van der Waals surface area (Å²) in [6.45, 7) is 7.33.